The minimum absolute atomic E-state index is 0.0116. The summed E-state index contributed by atoms with van der Waals surface area (Å²) >= 11 is 0. The van der Waals surface area contributed by atoms with Crippen LogP contribution in [0.3, 0.4) is 0 Å². The molecule has 1 heterocycles. The summed E-state index contributed by atoms with van der Waals surface area (Å²) in [7, 11) is -4.10. The van der Waals surface area contributed by atoms with Crippen LogP contribution in [0.5, 0.6) is 17.2 Å². The van der Waals surface area contributed by atoms with Gasteiger partial charge in [0.25, 0.3) is 10.0 Å². The van der Waals surface area contributed by atoms with Crippen molar-refractivity contribution in [3.05, 3.63) is 126 Å². The lowest BCUT2D eigenvalue weighted by atomic mass is 9.85. The summed E-state index contributed by atoms with van der Waals surface area (Å²) in [6.45, 7) is 5.87. The lowest BCUT2D eigenvalue weighted by Crippen LogP contribution is -2.19. The van der Waals surface area contributed by atoms with Gasteiger partial charge in [0, 0.05) is 22.6 Å². The first-order valence-corrected chi connectivity index (χ1v) is 15.9. The van der Waals surface area contributed by atoms with Gasteiger partial charge in [0.05, 0.1) is 27.4 Å². The topological polar surface area (TPSA) is 118 Å². The number of phenols is 1. The molecule has 9 heteroatoms. The second-order valence-corrected chi connectivity index (χ2v) is 11.8. The highest BCUT2D eigenvalue weighted by Crippen LogP contribution is 2.46. The molecule has 0 spiro atoms. The van der Waals surface area contributed by atoms with Crippen LogP contribution in [0.4, 0.5) is 5.69 Å². The number of hydrogen-bond acceptors (Lipinski definition) is 7. The Bertz CT molecular complexity index is 2180. The van der Waals surface area contributed by atoms with Gasteiger partial charge in [-0.2, -0.15) is 0 Å². The molecule has 1 aliphatic carbocycles. The fourth-order valence-corrected chi connectivity index (χ4v) is 6.28. The van der Waals surface area contributed by atoms with Crippen LogP contribution in [0.15, 0.2) is 114 Å². The number of aromatic hydroxyl groups is 1. The third-order valence-corrected chi connectivity index (χ3v) is 8.66. The van der Waals surface area contributed by atoms with Crippen LogP contribution >= 0.6 is 0 Å². The summed E-state index contributed by atoms with van der Waals surface area (Å²) in [5, 5.41) is 11.0. The molecule has 0 saturated carbocycles. The maximum Gasteiger partial charge on any atom is 0.261 e. The van der Waals surface area contributed by atoms with E-state index in [1.54, 1.807) is 72.8 Å². The summed E-state index contributed by atoms with van der Waals surface area (Å²) in [4.78, 5) is 23.8. The fourth-order valence-electron chi connectivity index (χ4n) is 5.21. The minimum Gasteiger partial charge on any atom is -0.507 e. The maximum atomic E-state index is 14.1. The number of fused-ring (bicyclic) bond motifs is 2. The van der Waals surface area contributed by atoms with Crippen LogP contribution in [-0.4, -0.2) is 29.3 Å². The van der Waals surface area contributed by atoms with Crippen molar-refractivity contribution in [1.82, 2.24) is 9.97 Å². The molecule has 0 fully saturated rings. The van der Waals surface area contributed by atoms with Crippen molar-refractivity contribution in [2.45, 2.75) is 25.7 Å². The number of carbonyl (C=O) groups excluding carboxylic acids is 1. The lowest BCUT2D eigenvalue weighted by Gasteiger charge is -2.24. The zero-order valence-electron chi connectivity index (χ0n) is 24.8. The van der Waals surface area contributed by atoms with Crippen molar-refractivity contribution < 1.29 is 23.1 Å². The van der Waals surface area contributed by atoms with E-state index in [0.717, 1.165) is 5.56 Å². The molecule has 7 rings (SSSR count). The molecule has 45 heavy (non-hydrogen) atoms. The number of phenolic OH excluding ortho intramolecular Hbond substituents is 1. The van der Waals surface area contributed by atoms with Crippen LogP contribution < -0.4 is 9.46 Å². The van der Waals surface area contributed by atoms with Gasteiger partial charge in [0.1, 0.15) is 17.0 Å². The first-order valence-electron chi connectivity index (χ1n) is 14.4. The highest BCUT2D eigenvalue weighted by atomic mass is 32.2. The number of nitrogens with zero attached hydrogens (tertiary/aromatic N) is 2. The minimum atomic E-state index is -4.10. The van der Waals surface area contributed by atoms with Crippen LogP contribution in [-0.2, 0) is 10.0 Å². The maximum absolute atomic E-state index is 14.1. The number of rotatable bonds is 6. The van der Waals surface area contributed by atoms with Gasteiger partial charge in [-0.25, -0.2) is 18.4 Å². The molecule has 0 bridgehead atoms. The van der Waals surface area contributed by atoms with E-state index in [0.29, 0.717) is 39.0 Å². The molecule has 1 aliphatic rings. The Balaban J connectivity index is 0.00000175. The largest absolute Gasteiger partial charge is 0.507 e. The third kappa shape index (κ3) is 5.38. The number of para-hydroxylation sites is 2. The van der Waals surface area contributed by atoms with Crippen molar-refractivity contribution in [1.29, 1.82) is 0 Å². The van der Waals surface area contributed by atoms with Gasteiger partial charge >= 0.3 is 0 Å². The monoisotopic (exact) mass is 615 g/mol. The number of ether oxygens (including phenoxy) is 1. The average molecular weight is 616 g/mol. The highest BCUT2D eigenvalue weighted by Gasteiger charge is 2.33. The Morgan fingerprint density at radius 3 is 2.07 bits per heavy atom. The Kier molecular flexibility index (Phi) is 7.78. The predicted octanol–water partition coefficient (Wildman–Crippen LogP) is 8.14. The number of carbonyl (C=O) groups is 1. The normalized spacial score (nSPS) is 11.8. The van der Waals surface area contributed by atoms with Gasteiger partial charge in [-0.05, 0) is 43.3 Å². The van der Waals surface area contributed by atoms with E-state index in [-0.39, 0.29) is 39.3 Å². The number of nitrogens with one attached hydrogen (secondary N) is 1. The standard InChI is InChI=1S/C34H23N3O5S.C2H6/c1-20-15-17-22(18-16-20)43(40,41)37-26-19-28(42-21-9-3-2-4-10-21)32-30-29(26)33(39)24-12-6-5-11-23(24)31(30)35-34(36-32)25-13-7-8-14-27(25)38;1-2/h2-19,37-38H,1H3;1-2H3. The van der Waals surface area contributed by atoms with E-state index in [1.165, 1.54) is 18.2 Å². The number of ketones is 1. The second-order valence-electron chi connectivity index (χ2n) is 10.1. The molecule has 224 valence electrons. The van der Waals surface area contributed by atoms with Crippen molar-refractivity contribution in [3.63, 3.8) is 0 Å². The number of aromatic nitrogens is 2. The van der Waals surface area contributed by atoms with Crippen LogP contribution in [0, 0.1) is 6.92 Å². The number of sulfonamides is 1. The number of benzene rings is 5. The summed E-state index contributed by atoms with van der Waals surface area (Å²) in [6, 6.07) is 30.6. The SMILES string of the molecule is CC.Cc1ccc(S(=O)(=O)Nc2cc(Oc3ccccc3)c3nc(-c4ccccc4O)nc4c3c2C(=O)c2ccccc2-4)cc1. The molecular weight excluding hydrogens is 586 g/mol. The van der Waals surface area contributed by atoms with Gasteiger partial charge in [-0.1, -0.05) is 86.1 Å². The molecule has 0 unspecified atom stereocenters. The van der Waals surface area contributed by atoms with E-state index in [9.17, 15) is 18.3 Å². The van der Waals surface area contributed by atoms with Crippen LogP contribution in [0.25, 0.3) is 33.5 Å². The summed E-state index contributed by atoms with van der Waals surface area (Å²) < 4.78 is 36.1. The fraction of sp³-hybridized carbons (Fsp3) is 0.0833. The van der Waals surface area contributed by atoms with E-state index in [4.69, 9.17) is 14.7 Å². The third-order valence-electron chi connectivity index (χ3n) is 7.28. The number of anilines is 1. The Hall–Kier alpha value is -5.54. The summed E-state index contributed by atoms with van der Waals surface area (Å²) in [5.74, 6) is 0.528. The average Bonchev–Trinajstić information content (AvgIpc) is 3.06. The molecule has 0 aliphatic heterocycles. The molecule has 0 amide bonds. The second kappa shape index (κ2) is 11.9. The zero-order chi connectivity index (χ0) is 31.7. The number of aryl methyl sites for hydroxylation is 1. The highest BCUT2D eigenvalue weighted by molar-refractivity contribution is 7.92. The van der Waals surface area contributed by atoms with Crippen molar-refractivity contribution in [2.75, 3.05) is 4.72 Å². The molecular formula is C36H29N3O5S. The van der Waals surface area contributed by atoms with E-state index in [2.05, 4.69) is 4.72 Å². The van der Waals surface area contributed by atoms with E-state index in [1.807, 2.05) is 39.0 Å². The van der Waals surface area contributed by atoms with Crippen molar-refractivity contribution in [3.8, 4) is 39.9 Å². The zero-order valence-corrected chi connectivity index (χ0v) is 25.6. The Morgan fingerprint density at radius 2 is 1.38 bits per heavy atom. The molecule has 6 aromatic rings. The quantitative estimate of drug-likeness (QED) is 0.194. The lowest BCUT2D eigenvalue weighted by molar-refractivity contribution is 0.104. The molecule has 0 saturated heterocycles. The van der Waals surface area contributed by atoms with Crippen LogP contribution in [0.2, 0.25) is 0 Å². The molecule has 0 atom stereocenters. The molecule has 8 nitrogen and oxygen atoms in total. The molecule has 2 N–H and O–H groups in total. The van der Waals surface area contributed by atoms with Gasteiger partial charge in [0.2, 0.25) is 0 Å². The van der Waals surface area contributed by atoms with Gasteiger partial charge in [0.15, 0.2) is 17.4 Å². The van der Waals surface area contributed by atoms with Gasteiger partial charge < -0.3 is 9.84 Å². The van der Waals surface area contributed by atoms with E-state index < -0.39 is 10.0 Å². The summed E-state index contributed by atoms with van der Waals surface area (Å²) in [6.07, 6.45) is 0. The first kappa shape index (κ1) is 29.5. The van der Waals surface area contributed by atoms with E-state index >= 15 is 0 Å². The Morgan fingerprint density at radius 1 is 0.756 bits per heavy atom. The summed E-state index contributed by atoms with van der Waals surface area (Å²) in [5.41, 5.74) is 3.10. The smallest absolute Gasteiger partial charge is 0.261 e. The first-order chi connectivity index (χ1) is 21.8. The predicted molar refractivity (Wildman–Crippen MR) is 175 cm³/mol. The molecule has 1 aromatic heterocycles. The van der Waals surface area contributed by atoms with Crippen LogP contribution in [0.1, 0.15) is 35.3 Å². The molecule has 0 radical (unpaired) electrons. The molecule has 5 aromatic carbocycles. The Labute approximate surface area is 261 Å². The van der Waals surface area contributed by atoms with Gasteiger partial charge in [-0.3, -0.25) is 9.52 Å². The van der Waals surface area contributed by atoms with Crippen molar-refractivity contribution in [2.24, 2.45) is 0 Å². The van der Waals surface area contributed by atoms with Crippen molar-refractivity contribution >= 4 is 32.4 Å². The van der Waals surface area contributed by atoms with Gasteiger partial charge in [-0.15, -0.1) is 0 Å². The number of hydrogen-bond donors (Lipinski definition) is 2.